The Morgan fingerprint density at radius 2 is 2.10 bits per heavy atom. The van der Waals surface area contributed by atoms with Crippen LogP contribution < -0.4 is 5.73 Å². The van der Waals surface area contributed by atoms with Crippen molar-refractivity contribution in [3.8, 4) is 0 Å². The molecular weight excluding hydrogens is 258 g/mol. The maximum Gasteiger partial charge on any atom is 0.110 e. The van der Waals surface area contributed by atoms with Gasteiger partial charge in [-0.1, -0.05) is 43.2 Å². The van der Waals surface area contributed by atoms with Crippen LogP contribution in [0.5, 0.6) is 0 Å². The summed E-state index contributed by atoms with van der Waals surface area (Å²) in [6.45, 7) is 3.12. The quantitative estimate of drug-likeness (QED) is 0.933. The first-order valence-corrected chi connectivity index (χ1v) is 8.07. The minimum Gasteiger partial charge on any atom is -0.335 e. The van der Waals surface area contributed by atoms with Gasteiger partial charge >= 0.3 is 0 Å². The number of rotatable bonds is 4. The van der Waals surface area contributed by atoms with Gasteiger partial charge in [0.2, 0.25) is 0 Å². The van der Waals surface area contributed by atoms with Crippen LogP contribution in [0.1, 0.15) is 49.9 Å². The van der Waals surface area contributed by atoms with Gasteiger partial charge in [-0.05, 0) is 25.3 Å². The fourth-order valence-electron chi connectivity index (χ4n) is 3.75. The Morgan fingerprint density at radius 3 is 2.86 bits per heavy atom. The third-order valence-corrected chi connectivity index (χ3v) is 4.91. The van der Waals surface area contributed by atoms with Crippen molar-refractivity contribution in [3.63, 3.8) is 0 Å². The average molecular weight is 283 g/mol. The van der Waals surface area contributed by atoms with Crippen LogP contribution in [0.4, 0.5) is 0 Å². The first kappa shape index (κ1) is 14.3. The molecule has 2 unspecified atom stereocenters. The molecule has 0 saturated heterocycles. The number of nitrogens with zero attached hydrogens (tertiary/aromatic N) is 2. The van der Waals surface area contributed by atoms with Gasteiger partial charge in [-0.25, -0.2) is 4.98 Å². The fraction of sp³-hybridized carbons (Fsp3) is 0.500. The summed E-state index contributed by atoms with van der Waals surface area (Å²) in [5.74, 6) is 1.57. The zero-order valence-electron chi connectivity index (χ0n) is 12.8. The topological polar surface area (TPSA) is 43.8 Å². The Labute approximate surface area is 127 Å². The van der Waals surface area contributed by atoms with E-state index in [0.717, 1.165) is 25.2 Å². The van der Waals surface area contributed by atoms with E-state index in [1.165, 1.54) is 24.8 Å². The third-order valence-electron chi connectivity index (χ3n) is 4.91. The van der Waals surface area contributed by atoms with Gasteiger partial charge in [-0.3, -0.25) is 0 Å². The zero-order valence-corrected chi connectivity index (χ0v) is 12.8. The summed E-state index contributed by atoms with van der Waals surface area (Å²) in [7, 11) is 0. The molecule has 0 aliphatic heterocycles. The Morgan fingerprint density at radius 1 is 1.29 bits per heavy atom. The second-order valence-corrected chi connectivity index (χ2v) is 6.25. The Bertz CT molecular complexity index is 575. The first-order valence-electron chi connectivity index (χ1n) is 8.07. The van der Waals surface area contributed by atoms with Crippen molar-refractivity contribution >= 4 is 0 Å². The molecule has 0 amide bonds. The summed E-state index contributed by atoms with van der Waals surface area (Å²) in [4.78, 5) is 4.54. The average Bonchev–Trinajstić information content (AvgIpc) is 2.95. The van der Waals surface area contributed by atoms with E-state index in [9.17, 15) is 0 Å². The second-order valence-electron chi connectivity index (χ2n) is 6.25. The number of hydrogen-bond acceptors (Lipinski definition) is 2. The predicted octanol–water partition coefficient (Wildman–Crippen LogP) is 3.50. The molecule has 3 nitrogen and oxygen atoms in total. The van der Waals surface area contributed by atoms with E-state index < -0.39 is 0 Å². The molecule has 1 fully saturated rings. The van der Waals surface area contributed by atoms with Crippen molar-refractivity contribution in [1.29, 1.82) is 0 Å². The summed E-state index contributed by atoms with van der Waals surface area (Å²) < 4.78 is 2.21. The highest BCUT2D eigenvalue weighted by Crippen LogP contribution is 2.41. The van der Waals surface area contributed by atoms with E-state index in [-0.39, 0.29) is 5.54 Å². The highest BCUT2D eigenvalue weighted by molar-refractivity contribution is 5.26. The molecule has 1 aromatic heterocycles. The molecular formula is C18H25N3. The van der Waals surface area contributed by atoms with E-state index in [0.29, 0.717) is 5.92 Å². The Kier molecular flexibility index (Phi) is 4.11. The number of benzene rings is 1. The molecule has 1 heterocycles. The Hall–Kier alpha value is -1.61. The van der Waals surface area contributed by atoms with Gasteiger partial charge in [0.1, 0.15) is 5.82 Å². The summed E-state index contributed by atoms with van der Waals surface area (Å²) in [5, 5.41) is 0. The van der Waals surface area contributed by atoms with Crippen LogP contribution >= 0.6 is 0 Å². The summed E-state index contributed by atoms with van der Waals surface area (Å²) in [6, 6.07) is 10.8. The summed E-state index contributed by atoms with van der Waals surface area (Å²) >= 11 is 0. The van der Waals surface area contributed by atoms with E-state index in [1.807, 2.05) is 6.20 Å². The Balaban J connectivity index is 1.89. The molecule has 3 rings (SSSR count). The predicted molar refractivity (Wildman–Crippen MR) is 86.2 cm³/mol. The second kappa shape index (κ2) is 6.02. The smallest absolute Gasteiger partial charge is 0.110 e. The van der Waals surface area contributed by atoms with Crippen molar-refractivity contribution in [2.45, 2.75) is 57.0 Å². The monoisotopic (exact) mass is 283 g/mol. The van der Waals surface area contributed by atoms with Crippen molar-refractivity contribution < 1.29 is 0 Å². The highest BCUT2D eigenvalue weighted by atomic mass is 15.1. The molecule has 1 aromatic carbocycles. The molecule has 1 saturated carbocycles. The van der Waals surface area contributed by atoms with Gasteiger partial charge in [0.15, 0.2) is 0 Å². The van der Waals surface area contributed by atoms with Gasteiger partial charge in [0, 0.05) is 36.8 Å². The number of hydrogen-bond donors (Lipinski definition) is 1. The molecule has 3 heteroatoms. The van der Waals surface area contributed by atoms with Gasteiger partial charge in [0.25, 0.3) is 0 Å². The van der Waals surface area contributed by atoms with Crippen molar-refractivity contribution in [2.75, 3.05) is 0 Å². The van der Waals surface area contributed by atoms with Crippen molar-refractivity contribution in [1.82, 2.24) is 9.55 Å². The lowest BCUT2D eigenvalue weighted by Gasteiger charge is -2.41. The molecule has 2 N–H and O–H groups in total. The van der Waals surface area contributed by atoms with E-state index in [1.54, 1.807) is 0 Å². The number of imidazole rings is 1. The number of nitrogens with two attached hydrogens (primary N) is 1. The van der Waals surface area contributed by atoms with Crippen LogP contribution in [-0.2, 0) is 13.0 Å². The van der Waals surface area contributed by atoms with Crippen LogP contribution in [0.15, 0.2) is 42.7 Å². The lowest BCUT2D eigenvalue weighted by Crippen LogP contribution is -2.50. The molecule has 2 atom stereocenters. The molecule has 0 bridgehead atoms. The maximum atomic E-state index is 6.90. The van der Waals surface area contributed by atoms with Crippen LogP contribution in [-0.4, -0.2) is 15.1 Å². The lowest BCUT2D eigenvalue weighted by molar-refractivity contribution is 0.243. The minimum atomic E-state index is -0.169. The fourth-order valence-corrected chi connectivity index (χ4v) is 3.75. The molecule has 21 heavy (non-hydrogen) atoms. The third kappa shape index (κ3) is 2.88. The summed E-state index contributed by atoms with van der Waals surface area (Å²) in [6.07, 6.45) is 9.60. The minimum absolute atomic E-state index is 0.169. The van der Waals surface area contributed by atoms with E-state index in [4.69, 9.17) is 5.73 Å². The summed E-state index contributed by atoms with van der Waals surface area (Å²) in [5.41, 5.74) is 8.11. The van der Waals surface area contributed by atoms with Crippen LogP contribution in [0.2, 0.25) is 0 Å². The van der Waals surface area contributed by atoms with E-state index in [2.05, 4.69) is 53.0 Å². The van der Waals surface area contributed by atoms with Crippen molar-refractivity contribution in [2.24, 2.45) is 5.73 Å². The maximum absolute atomic E-state index is 6.90. The molecule has 0 spiro atoms. The first-order chi connectivity index (χ1) is 10.2. The van der Waals surface area contributed by atoms with Crippen LogP contribution in [0.3, 0.4) is 0 Å². The van der Waals surface area contributed by atoms with Gasteiger partial charge in [-0.15, -0.1) is 0 Å². The molecule has 1 aliphatic carbocycles. The van der Waals surface area contributed by atoms with E-state index >= 15 is 0 Å². The number of aromatic nitrogens is 2. The zero-order chi connectivity index (χ0) is 14.7. The molecule has 112 valence electrons. The standard InChI is InChI=1S/C18H25N3/c1-2-21-13-12-20-17(21)14-18(19)11-7-6-10-16(18)15-8-4-3-5-9-15/h3-5,8-9,12-13,16H,2,6-7,10-11,14,19H2,1H3. The number of aryl methyl sites for hydroxylation is 1. The van der Waals surface area contributed by atoms with Crippen LogP contribution in [0.25, 0.3) is 0 Å². The molecule has 0 radical (unpaired) electrons. The molecule has 1 aliphatic rings. The van der Waals surface area contributed by atoms with Gasteiger partial charge < -0.3 is 10.3 Å². The highest BCUT2D eigenvalue weighted by Gasteiger charge is 2.39. The van der Waals surface area contributed by atoms with Gasteiger partial charge in [0.05, 0.1) is 0 Å². The van der Waals surface area contributed by atoms with Crippen molar-refractivity contribution in [3.05, 3.63) is 54.1 Å². The lowest BCUT2D eigenvalue weighted by atomic mass is 9.68. The van der Waals surface area contributed by atoms with Crippen LogP contribution in [0, 0.1) is 0 Å². The molecule has 2 aromatic rings. The van der Waals surface area contributed by atoms with Gasteiger partial charge in [-0.2, -0.15) is 0 Å². The largest absolute Gasteiger partial charge is 0.335 e. The SMILES string of the molecule is CCn1ccnc1CC1(N)CCCCC1c1ccccc1. The normalized spacial score (nSPS) is 25.9.